The van der Waals surface area contributed by atoms with Gasteiger partial charge in [0, 0.05) is 0 Å². The van der Waals surface area contributed by atoms with Crippen LogP contribution in [0.15, 0.2) is 48.5 Å². The number of hydrogen-bond donors (Lipinski definition) is 0. The van der Waals surface area contributed by atoms with Gasteiger partial charge in [0.2, 0.25) is 0 Å². The summed E-state index contributed by atoms with van der Waals surface area (Å²) in [7, 11) is 0. The number of nitrogens with zero attached hydrogens (tertiary/aromatic N) is 3. The fourth-order valence-electron chi connectivity index (χ4n) is 3.45. The van der Waals surface area contributed by atoms with Crippen LogP contribution < -0.4 is 4.74 Å². The van der Waals surface area contributed by atoms with Crippen LogP contribution in [0, 0.1) is 0 Å². The predicted molar refractivity (Wildman–Crippen MR) is 101 cm³/mol. The van der Waals surface area contributed by atoms with E-state index in [0.29, 0.717) is 11.6 Å². The molecule has 2 aromatic carbocycles. The van der Waals surface area contributed by atoms with E-state index in [-0.39, 0.29) is 0 Å². The van der Waals surface area contributed by atoms with E-state index in [9.17, 15) is 0 Å². The average Bonchev–Trinajstić information content (AvgIpc) is 3.25. The zero-order valence-corrected chi connectivity index (χ0v) is 15.0. The van der Waals surface area contributed by atoms with Gasteiger partial charge in [0.15, 0.2) is 0 Å². The minimum atomic E-state index is 0.567. The molecule has 0 amide bonds. The van der Waals surface area contributed by atoms with Crippen molar-refractivity contribution >= 4 is 22.6 Å². The molecule has 0 N–H and O–H groups in total. The van der Waals surface area contributed by atoms with Crippen LogP contribution >= 0.6 is 11.6 Å². The van der Waals surface area contributed by atoms with Crippen molar-refractivity contribution in [3.05, 3.63) is 59.4 Å². The number of imidazole rings is 1. The van der Waals surface area contributed by atoms with Gasteiger partial charge in [-0.1, -0.05) is 35.9 Å². The molecular formula is C20H22ClN3O. The molecule has 1 saturated heterocycles. The predicted octanol–water partition coefficient (Wildman–Crippen LogP) is 4.36. The topological polar surface area (TPSA) is 30.3 Å². The van der Waals surface area contributed by atoms with Crippen LogP contribution in [0.4, 0.5) is 0 Å². The first-order chi connectivity index (χ1) is 12.3. The number of para-hydroxylation sites is 3. The summed E-state index contributed by atoms with van der Waals surface area (Å²) in [6, 6.07) is 15.9. The lowest BCUT2D eigenvalue weighted by Crippen LogP contribution is -2.22. The first kappa shape index (κ1) is 16.4. The summed E-state index contributed by atoms with van der Waals surface area (Å²) in [4.78, 5) is 7.34. The molecule has 3 aromatic rings. The normalized spacial score (nSPS) is 15.1. The van der Waals surface area contributed by atoms with Crippen LogP contribution in [0.2, 0.25) is 5.02 Å². The second kappa shape index (κ2) is 7.46. The van der Waals surface area contributed by atoms with Gasteiger partial charge in [-0.2, -0.15) is 0 Å². The third-order valence-corrected chi connectivity index (χ3v) is 5.02. The van der Waals surface area contributed by atoms with E-state index < -0.39 is 0 Å². The summed E-state index contributed by atoms with van der Waals surface area (Å²) in [5, 5.41) is 0.648. The highest BCUT2D eigenvalue weighted by Crippen LogP contribution is 2.24. The van der Waals surface area contributed by atoms with Crippen LogP contribution in [-0.2, 0) is 13.1 Å². The Morgan fingerprint density at radius 1 is 1.00 bits per heavy atom. The minimum Gasteiger partial charge on any atom is -0.490 e. The van der Waals surface area contributed by atoms with Crippen LogP contribution in [0.3, 0.4) is 0 Å². The molecule has 25 heavy (non-hydrogen) atoms. The Balaban J connectivity index is 1.53. The summed E-state index contributed by atoms with van der Waals surface area (Å²) in [5.41, 5.74) is 2.22. The molecule has 0 radical (unpaired) electrons. The molecule has 0 saturated carbocycles. The van der Waals surface area contributed by atoms with E-state index in [1.807, 2.05) is 30.3 Å². The molecule has 5 heteroatoms. The third kappa shape index (κ3) is 3.65. The van der Waals surface area contributed by atoms with Gasteiger partial charge in [0.05, 0.1) is 29.1 Å². The SMILES string of the molecule is Clc1ccccc1OCCn1c(CN2CCCC2)nc2ccccc21. The Morgan fingerprint density at radius 2 is 1.76 bits per heavy atom. The van der Waals surface area contributed by atoms with Crippen LogP contribution in [-0.4, -0.2) is 34.1 Å². The smallest absolute Gasteiger partial charge is 0.137 e. The minimum absolute atomic E-state index is 0.567. The van der Waals surface area contributed by atoms with Crippen LogP contribution in [0.5, 0.6) is 5.75 Å². The van der Waals surface area contributed by atoms with E-state index >= 15 is 0 Å². The second-order valence-electron chi connectivity index (χ2n) is 6.43. The second-order valence-corrected chi connectivity index (χ2v) is 6.84. The van der Waals surface area contributed by atoms with Gasteiger partial charge in [0.25, 0.3) is 0 Å². The lowest BCUT2D eigenvalue weighted by molar-refractivity contribution is 0.285. The van der Waals surface area contributed by atoms with Gasteiger partial charge < -0.3 is 9.30 Å². The maximum Gasteiger partial charge on any atom is 0.137 e. The van der Waals surface area contributed by atoms with E-state index in [1.165, 1.54) is 31.4 Å². The number of likely N-dealkylation sites (tertiary alicyclic amines) is 1. The third-order valence-electron chi connectivity index (χ3n) is 4.71. The average molecular weight is 356 g/mol. The van der Waals surface area contributed by atoms with Crippen molar-refractivity contribution in [2.75, 3.05) is 19.7 Å². The molecule has 1 fully saturated rings. The molecule has 1 aromatic heterocycles. The molecule has 4 rings (SSSR count). The molecule has 0 atom stereocenters. The van der Waals surface area contributed by atoms with Gasteiger partial charge >= 0.3 is 0 Å². The van der Waals surface area contributed by atoms with Crippen molar-refractivity contribution in [3.8, 4) is 5.75 Å². The summed E-state index contributed by atoms with van der Waals surface area (Å²) in [5.74, 6) is 1.85. The van der Waals surface area contributed by atoms with Gasteiger partial charge in [-0.3, -0.25) is 4.90 Å². The Hall–Kier alpha value is -2.04. The van der Waals surface area contributed by atoms with Crippen LogP contribution in [0.25, 0.3) is 11.0 Å². The first-order valence-electron chi connectivity index (χ1n) is 8.85. The van der Waals surface area contributed by atoms with Crippen molar-refractivity contribution in [1.29, 1.82) is 0 Å². The molecule has 0 unspecified atom stereocenters. The van der Waals surface area contributed by atoms with Gasteiger partial charge in [-0.25, -0.2) is 4.98 Å². The number of fused-ring (bicyclic) bond motifs is 1. The molecule has 0 bridgehead atoms. The molecular weight excluding hydrogens is 334 g/mol. The highest BCUT2D eigenvalue weighted by atomic mass is 35.5. The van der Waals surface area contributed by atoms with Crippen molar-refractivity contribution in [3.63, 3.8) is 0 Å². The molecule has 0 aliphatic carbocycles. The monoisotopic (exact) mass is 355 g/mol. The summed E-state index contributed by atoms with van der Waals surface area (Å²) in [6.07, 6.45) is 2.58. The largest absolute Gasteiger partial charge is 0.490 e. The summed E-state index contributed by atoms with van der Waals surface area (Å²) >= 11 is 6.17. The maximum absolute atomic E-state index is 6.17. The number of halogens is 1. The zero-order chi connectivity index (χ0) is 17.1. The maximum atomic E-state index is 6.17. The van der Waals surface area contributed by atoms with Gasteiger partial charge in [-0.05, 0) is 50.2 Å². The van der Waals surface area contributed by atoms with Gasteiger partial charge in [-0.15, -0.1) is 0 Å². The molecule has 2 heterocycles. The van der Waals surface area contributed by atoms with E-state index in [4.69, 9.17) is 21.3 Å². The fourth-order valence-corrected chi connectivity index (χ4v) is 3.64. The first-order valence-corrected chi connectivity index (χ1v) is 9.23. The lowest BCUT2D eigenvalue weighted by atomic mass is 10.3. The van der Waals surface area contributed by atoms with E-state index in [0.717, 1.165) is 30.2 Å². The number of rotatable bonds is 6. The molecule has 130 valence electrons. The van der Waals surface area contributed by atoms with Crippen molar-refractivity contribution in [2.45, 2.75) is 25.9 Å². The van der Waals surface area contributed by atoms with Gasteiger partial charge in [0.1, 0.15) is 18.2 Å². The van der Waals surface area contributed by atoms with E-state index in [1.54, 1.807) is 0 Å². The summed E-state index contributed by atoms with van der Waals surface area (Å²) < 4.78 is 8.17. The lowest BCUT2D eigenvalue weighted by Gasteiger charge is -2.16. The Labute approximate surface area is 153 Å². The standard InChI is InChI=1S/C20H22ClN3O/c21-16-7-1-4-10-19(16)25-14-13-24-18-9-3-2-8-17(18)22-20(24)15-23-11-5-6-12-23/h1-4,7-10H,5-6,11-15H2. The quantitative estimate of drug-likeness (QED) is 0.658. The van der Waals surface area contributed by atoms with E-state index in [2.05, 4.69) is 27.7 Å². The molecule has 4 nitrogen and oxygen atoms in total. The van der Waals surface area contributed by atoms with Crippen LogP contribution in [0.1, 0.15) is 18.7 Å². The molecule has 1 aliphatic rings. The summed E-state index contributed by atoms with van der Waals surface area (Å²) in [6.45, 7) is 4.56. The number of benzene rings is 2. The Kier molecular flexibility index (Phi) is 4.90. The zero-order valence-electron chi connectivity index (χ0n) is 14.2. The molecule has 0 spiro atoms. The number of hydrogen-bond acceptors (Lipinski definition) is 3. The number of aromatic nitrogens is 2. The fraction of sp³-hybridized carbons (Fsp3) is 0.350. The van der Waals surface area contributed by atoms with Crippen molar-refractivity contribution in [1.82, 2.24) is 14.5 Å². The van der Waals surface area contributed by atoms with Crippen molar-refractivity contribution in [2.24, 2.45) is 0 Å². The van der Waals surface area contributed by atoms with Crippen molar-refractivity contribution < 1.29 is 4.74 Å². The highest BCUT2D eigenvalue weighted by molar-refractivity contribution is 6.32. The highest BCUT2D eigenvalue weighted by Gasteiger charge is 2.17. The Morgan fingerprint density at radius 3 is 2.60 bits per heavy atom. The Bertz CT molecular complexity index is 855. The number of ether oxygens (including phenoxy) is 1. The molecule has 1 aliphatic heterocycles.